The number of hydrogen-bond donors (Lipinski definition) is 0. The van der Waals surface area contributed by atoms with Crippen molar-refractivity contribution in [3.8, 4) is 0 Å². The molecule has 17 heavy (non-hydrogen) atoms. The van der Waals surface area contributed by atoms with E-state index in [1.54, 1.807) is 12.3 Å². The Morgan fingerprint density at radius 2 is 1.53 bits per heavy atom. The summed E-state index contributed by atoms with van der Waals surface area (Å²) in [6.45, 7) is 2.05. The van der Waals surface area contributed by atoms with Crippen LogP contribution in [0.2, 0.25) is 10.0 Å². The van der Waals surface area contributed by atoms with Crippen molar-refractivity contribution >= 4 is 35.1 Å². The van der Waals surface area contributed by atoms with Gasteiger partial charge in [-0.3, -0.25) is 4.99 Å². The Balaban J connectivity index is 2.22. The van der Waals surface area contributed by atoms with Crippen LogP contribution in [-0.2, 0) is 0 Å². The molecule has 0 unspecified atom stereocenters. The van der Waals surface area contributed by atoms with Gasteiger partial charge >= 0.3 is 0 Å². The Bertz CT molecular complexity index is 524. The summed E-state index contributed by atoms with van der Waals surface area (Å²) >= 11 is 11.8. The SMILES string of the molecule is Cc1ccc(N=Cc2cc(Cl)cc(Cl)c2)cc1. The first-order valence-electron chi connectivity index (χ1n) is 5.20. The van der Waals surface area contributed by atoms with E-state index >= 15 is 0 Å². The van der Waals surface area contributed by atoms with Crippen molar-refractivity contribution in [2.24, 2.45) is 4.99 Å². The summed E-state index contributed by atoms with van der Waals surface area (Å²) in [6, 6.07) is 13.3. The number of nitrogens with zero attached hydrogens (tertiary/aromatic N) is 1. The first kappa shape index (κ1) is 12.2. The van der Waals surface area contributed by atoms with E-state index in [1.807, 2.05) is 43.3 Å². The number of benzene rings is 2. The minimum Gasteiger partial charge on any atom is -0.256 e. The largest absolute Gasteiger partial charge is 0.256 e. The predicted molar refractivity (Wildman–Crippen MR) is 74.9 cm³/mol. The van der Waals surface area contributed by atoms with Crippen molar-refractivity contribution in [3.05, 3.63) is 63.6 Å². The lowest BCUT2D eigenvalue weighted by atomic mass is 10.2. The molecule has 1 nitrogen and oxygen atoms in total. The number of aryl methyl sites for hydroxylation is 1. The van der Waals surface area contributed by atoms with Crippen LogP contribution in [0.1, 0.15) is 11.1 Å². The zero-order valence-corrected chi connectivity index (χ0v) is 10.8. The molecule has 0 N–H and O–H groups in total. The predicted octanol–water partition coefficient (Wildman–Crippen LogP) is 5.05. The second-order valence-corrected chi connectivity index (χ2v) is 4.67. The van der Waals surface area contributed by atoms with Crippen LogP contribution < -0.4 is 0 Å². The van der Waals surface area contributed by atoms with E-state index in [2.05, 4.69) is 4.99 Å². The van der Waals surface area contributed by atoms with Crippen LogP contribution in [-0.4, -0.2) is 6.21 Å². The average Bonchev–Trinajstić information content (AvgIpc) is 2.27. The third kappa shape index (κ3) is 3.58. The lowest BCUT2D eigenvalue weighted by Gasteiger charge is -1.97. The minimum atomic E-state index is 0.614. The Kier molecular flexibility index (Phi) is 3.82. The maximum Gasteiger partial charge on any atom is 0.0630 e. The van der Waals surface area contributed by atoms with Gasteiger partial charge in [0.25, 0.3) is 0 Å². The molecule has 0 aromatic heterocycles. The molecule has 86 valence electrons. The summed E-state index contributed by atoms with van der Waals surface area (Å²) < 4.78 is 0. The molecule has 2 rings (SSSR count). The van der Waals surface area contributed by atoms with Gasteiger partial charge in [-0.15, -0.1) is 0 Å². The van der Waals surface area contributed by atoms with Gasteiger partial charge in [0.15, 0.2) is 0 Å². The highest BCUT2D eigenvalue weighted by Gasteiger charge is 1.95. The van der Waals surface area contributed by atoms with Crippen molar-refractivity contribution in [1.29, 1.82) is 0 Å². The Hall–Kier alpha value is -1.31. The van der Waals surface area contributed by atoms with Crippen molar-refractivity contribution in [2.75, 3.05) is 0 Å². The first-order chi connectivity index (χ1) is 8.13. The Morgan fingerprint density at radius 3 is 2.12 bits per heavy atom. The summed E-state index contributed by atoms with van der Waals surface area (Å²) in [7, 11) is 0. The molecule has 0 spiro atoms. The fourth-order valence-electron chi connectivity index (χ4n) is 1.43. The highest BCUT2D eigenvalue weighted by Crippen LogP contribution is 2.19. The van der Waals surface area contributed by atoms with Gasteiger partial charge in [0, 0.05) is 16.3 Å². The summed E-state index contributed by atoms with van der Waals surface area (Å²) in [5.74, 6) is 0. The zero-order valence-electron chi connectivity index (χ0n) is 9.32. The van der Waals surface area contributed by atoms with E-state index < -0.39 is 0 Å². The summed E-state index contributed by atoms with van der Waals surface area (Å²) in [4.78, 5) is 4.36. The van der Waals surface area contributed by atoms with Crippen LogP contribution in [0.4, 0.5) is 5.69 Å². The molecule has 0 fully saturated rings. The molecule has 2 aromatic carbocycles. The molecule has 0 saturated carbocycles. The third-order valence-electron chi connectivity index (χ3n) is 2.28. The zero-order chi connectivity index (χ0) is 12.3. The van der Waals surface area contributed by atoms with Crippen LogP contribution in [0.3, 0.4) is 0 Å². The number of halogens is 2. The lowest BCUT2D eigenvalue weighted by Crippen LogP contribution is -1.81. The molecule has 0 heterocycles. The maximum atomic E-state index is 5.91. The highest BCUT2D eigenvalue weighted by molar-refractivity contribution is 6.35. The molecule has 0 aliphatic rings. The van der Waals surface area contributed by atoms with Gasteiger partial charge in [0.1, 0.15) is 0 Å². The molecule has 0 aliphatic heterocycles. The molecular formula is C14H11Cl2N. The molecule has 0 bridgehead atoms. The van der Waals surface area contributed by atoms with Crippen LogP contribution in [0.15, 0.2) is 47.5 Å². The van der Waals surface area contributed by atoms with Gasteiger partial charge < -0.3 is 0 Å². The molecule has 0 radical (unpaired) electrons. The summed E-state index contributed by atoms with van der Waals surface area (Å²) in [5.41, 5.74) is 3.02. The van der Waals surface area contributed by atoms with E-state index in [0.717, 1.165) is 11.3 Å². The van der Waals surface area contributed by atoms with Crippen molar-refractivity contribution in [2.45, 2.75) is 6.92 Å². The van der Waals surface area contributed by atoms with Crippen LogP contribution in [0.25, 0.3) is 0 Å². The second kappa shape index (κ2) is 5.35. The first-order valence-corrected chi connectivity index (χ1v) is 5.96. The van der Waals surface area contributed by atoms with E-state index in [9.17, 15) is 0 Å². The molecule has 3 heteroatoms. The Morgan fingerprint density at radius 1 is 0.941 bits per heavy atom. The van der Waals surface area contributed by atoms with Crippen LogP contribution in [0, 0.1) is 6.92 Å². The number of hydrogen-bond acceptors (Lipinski definition) is 1. The maximum absolute atomic E-state index is 5.91. The monoisotopic (exact) mass is 263 g/mol. The highest BCUT2D eigenvalue weighted by atomic mass is 35.5. The average molecular weight is 264 g/mol. The minimum absolute atomic E-state index is 0.614. The fourth-order valence-corrected chi connectivity index (χ4v) is 1.97. The Labute approximate surface area is 111 Å². The van der Waals surface area contributed by atoms with E-state index in [1.165, 1.54) is 5.56 Å². The van der Waals surface area contributed by atoms with Gasteiger partial charge in [0.05, 0.1) is 5.69 Å². The topological polar surface area (TPSA) is 12.4 Å². The molecule has 0 saturated heterocycles. The smallest absolute Gasteiger partial charge is 0.0630 e. The normalized spacial score (nSPS) is 11.0. The van der Waals surface area contributed by atoms with Gasteiger partial charge in [-0.05, 0) is 42.8 Å². The lowest BCUT2D eigenvalue weighted by molar-refractivity contribution is 1.44. The van der Waals surface area contributed by atoms with Gasteiger partial charge in [0.2, 0.25) is 0 Å². The second-order valence-electron chi connectivity index (χ2n) is 3.80. The molecule has 0 atom stereocenters. The molecule has 2 aromatic rings. The van der Waals surface area contributed by atoms with E-state index in [0.29, 0.717) is 10.0 Å². The standard InChI is InChI=1S/C14H11Cl2N/c1-10-2-4-14(5-3-10)17-9-11-6-12(15)8-13(16)7-11/h2-9H,1H3. The van der Waals surface area contributed by atoms with Crippen LogP contribution in [0.5, 0.6) is 0 Å². The fraction of sp³-hybridized carbons (Fsp3) is 0.0714. The van der Waals surface area contributed by atoms with Gasteiger partial charge in [-0.2, -0.15) is 0 Å². The quantitative estimate of drug-likeness (QED) is 0.673. The summed E-state index contributed by atoms with van der Waals surface area (Å²) in [5, 5.41) is 1.23. The number of rotatable bonds is 2. The molecule has 0 aliphatic carbocycles. The van der Waals surface area contributed by atoms with Gasteiger partial charge in [-0.1, -0.05) is 40.9 Å². The van der Waals surface area contributed by atoms with Crippen molar-refractivity contribution in [3.63, 3.8) is 0 Å². The third-order valence-corrected chi connectivity index (χ3v) is 2.72. The molecular weight excluding hydrogens is 253 g/mol. The van der Waals surface area contributed by atoms with E-state index in [4.69, 9.17) is 23.2 Å². The van der Waals surface area contributed by atoms with Gasteiger partial charge in [-0.25, -0.2) is 0 Å². The molecule has 0 amide bonds. The van der Waals surface area contributed by atoms with E-state index in [-0.39, 0.29) is 0 Å². The van der Waals surface area contributed by atoms with Crippen molar-refractivity contribution in [1.82, 2.24) is 0 Å². The summed E-state index contributed by atoms with van der Waals surface area (Å²) in [6.07, 6.45) is 1.75. The van der Waals surface area contributed by atoms with Crippen molar-refractivity contribution < 1.29 is 0 Å². The number of aliphatic imine (C=N–C) groups is 1. The van der Waals surface area contributed by atoms with Crippen LogP contribution >= 0.6 is 23.2 Å².